The van der Waals surface area contributed by atoms with Crippen LogP contribution in [0.3, 0.4) is 0 Å². The maximum absolute atomic E-state index is 11.1. The molecule has 9 nitrogen and oxygen atoms in total. The maximum atomic E-state index is 11.1. The van der Waals surface area contributed by atoms with Crippen LogP contribution in [0.4, 0.5) is 0 Å². The van der Waals surface area contributed by atoms with Crippen molar-refractivity contribution in [2.75, 3.05) is 39.3 Å². The summed E-state index contributed by atoms with van der Waals surface area (Å²) < 4.78 is 0. The molecule has 0 aliphatic heterocycles. The molecule has 0 bridgehead atoms. The summed E-state index contributed by atoms with van der Waals surface area (Å²) in [7, 11) is 0. The number of rotatable bonds is 12. The van der Waals surface area contributed by atoms with Crippen LogP contribution in [0.1, 0.15) is 81.6 Å². The van der Waals surface area contributed by atoms with Crippen molar-refractivity contribution in [3.63, 3.8) is 0 Å². The van der Waals surface area contributed by atoms with Crippen molar-refractivity contribution in [2.45, 2.75) is 81.6 Å². The van der Waals surface area contributed by atoms with Crippen LogP contribution >= 0.6 is 0 Å². The number of carbonyl (C=O) groups excluding carboxylic acids is 6. The van der Waals surface area contributed by atoms with Gasteiger partial charge in [-0.05, 0) is 62.3 Å². The Morgan fingerprint density at radius 1 is 0.412 bits per heavy atom. The van der Waals surface area contributed by atoms with E-state index in [-0.39, 0.29) is 80.5 Å². The molecule has 3 amide bonds. The molecule has 0 aromatic rings. The minimum absolute atomic E-state index is 0. The molecule has 0 spiro atoms. The molecule has 0 N–H and O–H groups in total. The number of Topliss-reactive ketones (excluding diaryl/α,β-unsaturated/α-hetero) is 3. The van der Waals surface area contributed by atoms with E-state index in [0.29, 0.717) is 39.3 Å². The first-order chi connectivity index (χ1) is 15.3. The fourth-order valence-electron chi connectivity index (χ4n) is 2.70. The van der Waals surface area contributed by atoms with Gasteiger partial charge in [0.25, 0.3) is 0 Å². The Hall–Kier alpha value is -1.70. The predicted octanol–water partition coefficient (Wildman–Crippen LogP) is 1.32. The second kappa shape index (κ2) is 24.4. The van der Waals surface area contributed by atoms with Crippen molar-refractivity contribution in [2.24, 2.45) is 0 Å². The van der Waals surface area contributed by atoms with E-state index in [1.807, 2.05) is 41.5 Å². The van der Waals surface area contributed by atoms with Crippen LogP contribution in [0.5, 0.6) is 0 Å². The Balaban J connectivity index is -0.000000196. The van der Waals surface area contributed by atoms with Crippen LogP contribution < -0.4 is 0 Å². The summed E-state index contributed by atoms with van der Waals surface area (Å²) in [6.07, 6.45) is 0.130. The number of amides is 3. The van der Waals surface area contributed by atoms with E-state index in [4.69, 9.17) is 0 Å². The van der Waals surface area contributed by atoms with Gasteiger partial charge in [-0.2, -0.15) is 0 Å². The molecular weight excluding hydrogens is 635 g/mol. The molecule has 0 atom stereocenters. The summed E-state index contributed by atoms with van der Waals surface area (Å²) in [4.78, 5) is 70.0. The molecule has 0 unspecified atom stereocenters. The molecule has 0 rings (SSSR count). The third-order valence-electron chi connectivity index (χ3n) is 4.55. The van der Waals surface area contributed by atoms with E-state index in [9.17, 15) is 28.8 Å². The van der Waals surface area contributed by atoms with E-state index < -0.39 is 0 Å². The van der Waals surface area contributed by atoms with Crippen molar-refractivity contribution >= 4 is 61.3 Å². The zero-order chi connectivity index (χ0) is 26.6. The summed E-state index contributed by atoms with van der Waals surface area (Å²) in [6.45, 7) is 19.8. The van der Waals surface area contributed by atoms with Gasteiger partial charge in [-0.15, -0.1) is 0 Å². The molecule has 200 valence electrons. The molecule has 10 heteroatoms. The SMILES string of the molecule is CCN(CC)C(=O)CC(C)=O.CCN(CC)C(=O)CC(C)=O.CCN(CC)C(=O)CC(C)=O.[BiH3]. The Kier molecular flexibility index (Phi) is 28.4. The zero-order valence-corrected chi connectivity index (χ0v) is 28.4. The third-order valence-corrected chi connectivity index (χ3v) is 4.55. The Morgan fingerprint density at radius 3 is 0.647 bits per heavy atom. The topological polar surface area (TPSA) is 112 Å². The van der Waals surface area contributed by atoms with Crippen LogP contribution in [0.15, 0.2) is 0 Å². The zero-order valence-electron chi connectivity index (χ0n) is 22.9. The van der Waals surface area contributed by atoms with Gasteiger partial charge in [-0.1, -0.05) is 0 Å². The molecule has 0 saturated heterocycles. The first-order valence-electron chi connectivity index (χ1n) is 11.7. The van der Waals surface area contributed by atoms with E-state index >= 15 is 0 Å². The fraction of sp³-hybridized carbons (Fsp3) is 0.750. The van der Waals surface area contributed by atoms with Crippen molar-refractivity contribution in [3.8, 4) is 0 Å². The van der Waals surface area contributed by atoms with Crippen molar-refractivity contribution in [3.05, 3.63) is 0 Å². The average molecular weight is 684 g/mol. The number of nitrogens with zero attached hydrogens (tertiary/aromatic N) is 3. The molecular formula is C24H48BiN3O6. The Morgan fingerprint density at radius 2 is 0.559 bits per heavy atom. The minimum atomic E-state index is -0.0677. The van der Waals surface area contributed by atoms with Gasteiger partial charge in [0.2, 0.25) is 17.7 Å². The molecule has 0 heterocycles. The summed E-state index contributed by atoms with van der Waals surface area (Å²) >= 11 is 0. The standard InChI is InChI=1S/3C8H15NO2.Bi.3H/c3*1-4-9(5-2)8(11)6-7(3)10;;;;/h3*4-6H2,1-3H3;;;;. The Labute approximate surface area is 225 Å². The fourth-order valence-corrected chi connectivity index (χ4v) is 2.70. The molecule has 0 aromatic heterocycles. The molecule has 0 aliphatic rings. The van der Waals surface area contributed by atoms with Crippen LogP contribution in [0.25, 0.3) is 0 Å². The molecule has 34 heavy (non-hydrogen) atoms. The van der Waals surface area contributed by atoms with Gasteiger partial charge in [0.05, 0.1) is 19.3 Å². The summed E-state index contributed by atoms with van der Waals surface area (Å²) in [6, 6.07) is 0. The van der Waals surface area contributed by atoms with Crippen LogP contribution in [-0.4, -0.2) is 115 Å². The first kappa shape index (κ1) is 39.5. The first-order valence-corrected chi connectivity index (χ1v) is 11.7. The third kappa shape index (κ3) is 22.1. The van der Waals surface area contributed by atoms with Crippen molar-refractivity contribution in [1.29, 1.82) is 0 Å². The van der Waals surface area contributed by atoms with E-state index in [1.165, 1.54) is 20.8 Å². The second-order valence-electron chi connectivity index (χ2n) is 7.33. The van der Waals surface area contributed by atoms with Gasteiger partial charge in [0.1, 0.15) is 17.3 Å². The normalized spacial score (nSPS) is 9.09. The van der Waals surface area contributed by atoms with E-state index in [1.54, 1.807) is 14.7 Å². The molecule has 0 saturated carbocycles. The summed E-state index contributed by atoms with van der Waals surface area (Å²) in [5.41, 5.74) is 0. The number of hydrogen-bond donors (Lipinski definition) is 0. The predicted molar refractivity (Wildman–Crippen MR) is 140 cm³/mol. The van der Waals surface area contributed by atoms with Gasteiger partial charge in [0.15, 0.2) is 0 Å². The monoisotopic (exact) mass is 683 g/mol. The second-order valence-corrected chi connectivity index (χ2v) is 7.33. The van der Waals surface area contributed by atoms with Gasteiger partial charge < -0.3 is 14.7 Å². The number of ketones is 3. The summed E-state index contributed by atoms with van der Waals surface area (Å²) in [5, 5.41) is 0. The molecule has 0 radical (unpaired) electrons. The van der Waals surface area contributed by atoms with Gasteiger partial charge >= 0.3 is 26.2 Å². The average Bonchev–Trinajstić information content (AvgIpc) is 2.70. The number of carbonyl (C=O) groups is 6. The Bertz CT molecular complexity index is 543. The quantitative estimate of drug-likeness (QED) is 0.227. The van der Waals surface area contributed by atoms with Crippen LogP contribution in [0.2, 0.25) is 0 Å². The number of hydrogen-bond acceptors (Lipinski definition) is 6. The van der Waals surface area contributed by atoms with Crippen molar-refractivity contribution in [1.82, 2.24) is 14.7 Å². The van der Waals surface area contributed by atoms with Crippen LogP contribution in [-0.2, 0) is 28.8 Å². The van der Waals surface area contributed by atoms with E-state index in [2.05, 4.69) is 0 Å². The molecule has 0 aromatic carbocycles. The van der Waals surface area contributed by atoms with Gasteiger partial charge in [-0.25, -0.2) is 0 Å². The molecule has 0 aliphatic carbocycles. The van der Waals surface area contributed by atoms with Gasteiger partial charge in [0, 0.05) is 39.3 Å². The van der Waals surface area contributed by atoms with Crippen LogP contribution in [0, 0.1) is 0 Å². The van der Waals surface area contributed by atoms with Crippen molar-refractivity contribution < 1.29 is 28.8 Å². The van der Waals surface area contributed by atoms with Gasteiger partial charge in [-0.3, -0.25) is 28.8 Å². The summed E-state index contributed by atoms with van der Waals surface area (Å²) in [5.74, 6) is -0.404. The van der Waals surface area contributed by atoms with E-state index in [0.717, 1.165) is 0 Å². The molecule has 0 fully saturated rings.